The first-order valence-electron chi connectivity index (χ1n) is 2.40. The van der Waals surface area contributed by atoms with Gasteiger partial charge in [0.1, 0.15) is 0 Å². The lowest BCUT2D eigenvalue weighted by molar-refractivity contribution is 0.143. The van der Waals surface area contributed by atoms with Crippen LogP contribution in [0.4, 0.5) is 0 Å². The number of ether oxygens (including phenoxy) is 1. The number of hydrogen-bond donors (Lipinski definition) is 1. The average molecular weight is 114 g/mol. The Morgan fingerprint density at radius 2 is 2.25 bits per heavy atom. The fraction of sp³-hybridized carbons (Fsp3) is 0.600. The van der Waals surface area contributed by atoms with E-state index in [1.165, 1.54) is 0 Å². The van der Waals surface area contributed by atoms with Gasteiger partial charge in [-0.1, -0.05) is 0 Å². The first-order valence-corrected chi connectivity index (χ1v) is 2.40. The lowest BCUT2D eigenvalue weighted by atomic mass is 10.5. The monoisotopic (exact) mass is 114 g/mol. The van der Waals surface area contributed by atoms with Gasteiger partial charge < -0.3 is 4.74 Å². The van der Waals surface area contributed by atoms with Crippen LogP contribution in [0, 0.1) is 5.53 Å². The predicted octanol–water partition coefficient (Wildman–Crippen LogP) is 1.91. The summed E-state index contributed by atoms with van der Waals surface area (Å²) in [5.41, 5.74) is 6.40. The molecule has 0 fully saturated rings. The topological polar surface area (TPSA) is 45.4 Å². The van der Waals surface area contributed by atoms with Crippen LogP contribution < -0.4 is 0 Å². The van der Waals surface area contributed by atoms with Crippen molar-refractivity contribution in [1.29, 1.82) is 5.53 Å². The second kappa shape index (κ2) is 3.18. The van der Waals surface area contributed by atoms with Crippen LogP contribution in [0.25, 0.3) is 0 Å². The zero-order valence-corrected chi connectivity index (χ0v) is 5.14. The highest BCUT2D eigenvalue weighted by atomic mass is 16.5. The molecule has 46 valence electrons. The van der Waals surface area contributed by atoms with Gasteiger partial charge in [0.15, 0.2) is 0 Å². The summed E-state index contributed by atoms with van der Waals surface area (Å²) in [6.07, 6.45) is 0.0663. The molecule has 0 aromatic carbocycles. The summed E-state index contributed by atoms with van der Waals surface area (Å²) >= 11 is 0. The SMILES string of the molecule is C=C(N=N)OC(C)C. The molecule has 0 unspecified atom stereocenters. The summed E-state index contributed by atoms with van der Waals surface area (Å²) in [6, 6.07) is 0. The van der Waals surface area contributed by atoms with E-state index in [0.29, 0.717) is 0 Å². The molecular formula is C5H10N2O. The maximum Gasteiger partial charge on any atom is 0.225 e. The molecule has 0 saturated heterocycles. The summed E-state index contributed by atoms with van der Waals surface area (Å²) in [6.45, 7) is 7.05. The molecule has 0 aliphatic carbocycles. The molecule has 8 heavy (non-hydrogen) atoms. The number of rotatable bonds is 3. The number of nitrogens with zero attached hydrogens (tertiary/aromatic N) is 1. The van der Waals surface area contributed by atoms with E-state index in [2.05, 4.69) is 11.7 Å². The molecule has 0 aromatic rings. The van der Waals surface area contributed by atoms with Gasteiger partial charge in [-0.05, 0) is 20.4 Å². The van der Waals surface area contributed by atoms with Crippen LogP contribution in [0.5, 0.6) is 0 Å². The van der Waals surface area contributed by atoms with Gasteiger partial charge in [0.05, 0.1) is 6.10 Å². The van der Waals surface area contributed by atoms with Crippen LogP contribution in [0.15, 0.2) is 17.6 Å². The van der Waals surface area contributed by atoms with E-state index in [9.17, 15) is 0 Å². The molecule has 0 aliphatic heterocycles. The van der Waals surface area contributed by atoms with E-state index in [1.54, 1.807) is 0 Å². The Labute approximate surface area is 48.9 Å². The zero-order chi connectivity index (χ0) is 6.57. The third-order valence-corrected chi connectivity index (χ3v) is 0.496. The molecule has 0 amide bonds. The Morgan fingerprint density at radius 1 is 1.75 bits per heavy atom. The summed E-state index contributed by atoms with van der Waals surface area (Å²) in [4.78, 5) is 0. The summed E-state index contributed by atoms with van der Waals surface area (Å²) in [7, 11) is 0. The first-order chi connectivity index (χ1) is 3.66. The van der Waals surface area contributed by atoms with Crippen molar-refractivity contribution in [2.45, 2.75) is 20.0 Å². The fourth-order valence-corrected chi connectivity index (χ4v) is 0.298. The largest absolute Gasteiger partial charge is 0.474 e. The molecule has 3 heteroatoms. The molecule has 0 aliphatic rings. The van der Waals surface area contributed by atoms with Gasteiger partial charge in [-0.25, -0.2) is 5.53 Å². The lowest BCUT2D eigenvalue weighted by Crippen LogP contribution is -1.98. The maximum absolute atomic E-state index is 6.40. The Morgan fingerprint density at radius 3 is 2.38 bits per heavy atom. The van der Waals surface area contributed by atoms with Crippen molar-refractivity contribution < 1.29 is 4.74 Å². The molecule has 0 radical (unpaired) electrons. The Hall–Kier alpha value is -0.860. The maximum atomic E-state index is 6.40. The zero-order valence-electron chi connectivity index (χ0n) is 5.14. The van der Waals surface area contributed by atoms with Crippen LogP contribution in [0.3, 0.4) is 0 Å². The summed E-state index contributed by atoms with van der Waals surface area (Å²) < 4.78 is 4.85. The highest BCUT2D eigenvalue weighted by Gasteiger charge is 1.92. The van der Waals surface area contributed by atoms with Gasteiger partial charge in [0.25, 0.3) is 0 Å². The molecular weight excluding hydrogens is 104 g/mol. The molecule has 0 heterocycles. The Kier molecular flexibility index (Phi) is 2.84. The van der Waals surface area contributed by atoms with Crippen LogP contribution in [-0.4, -0.2) is 6.10 Å². The predicted molar refractivity (Wildman–Crippen MR) is 30.5 cm³/mol. The van der Waals surface area contributed by atoms with Gasteiger partial charge >= 0.3 is 0 Å². The highest BCUT2D eigenvalue weighted by molar-refractivity contribution is 4.75. The number of nitrogens with one attached hydrogen (secondary N) is 1. The molecule has 0 spiro atoms. The van der Waals surface area contributed by atoms with Crippen molar-refractivity contribution in [1.82, 2.24) is 0 Å². The molecule has 0 rings (SSSR count). The first kappa shape index (κ1) is 7.14. The summed E-state index contributed by atoms with van der Waals surface area (Å²) in [5, 5.41) is 2.96. The molecule has 1 N–H and O–H groups in total. The standard InChI is InChI=1S/C5H10N2O/c1-4(2)8-5(3)7-6/h4,6H,3H2,1-2H3. The molecule has 0 aromatic heterocycles. The van der Waals surface area contributed by atoms with Crippen molar-refractivity contribution >= 4 is 0 Å². The van der Waals surface area contributed by atoms with Crippen molar-refractivity contribution in [2.75, 3.05) is 0 Å². The van der Waals surface area contributed by atoms with Crippen LogP contribution in [0.2, 0.25) is 0 Å². The Bertz CT molecular complexity index is 98.6. The molecule has 3 nitrogen and oxygen atoms in total. The smallest absolute Gasteiger partial charge is 0.225 e. The van der Waals surface area contributed by atoms with Crippen LogP contribution in [-0.2, 0) is 4.74 Å². The number of hydrogen-bond acceptors (Lipinski definition) is 3. The van der Waals surface area contributed by atoms with Gasteiger partial charge in [-0.15, -0.1) is 5.11 Å². The van der Waals surface area contributed by atoms with Crippen molar-refractivity contribution in [3.8, 4) is 0 Å². The van der Waals surface area contributed by atoms with Crippen LogP contribution in [0.1, 0.15) is 13.8 Å². The second-order valence-corrected chi connectivity index (χ2v) is 1.67. The van der Waals surface area contributed by atoms with E-state index < -0.39 is 0 Å². The Balaban J connectivity index is 3.39. The van der Waals surface area contributed by atoms with E-state index in [-0.39, 0.29) is 12.0 Å². The minimum atomic E-state index is 0.0663. The van der Waals surface area contributed by atoms with E-state index in [0.717, 1.165) is 0 Å². The second-order valence-electron chi connectivity index (χ2n) is 1.67. The minimum absolute atomic E-state index is 0.0663. The van der Waals surface area contributed by atoms with Gasteiger partial charge in [0, 0.05) is 0 Å². The third-order valence-electron chi connectivity index (χ3n) is 0.496. The van der Waals surface area contributed by atoms with Gasteiger partial charge in [-0.3, -0.25) is 0 Å². The van der Waals surface area contributed by atoms with E-state index in [1.807, 2.05) is 13.8 Å². The summed E-state index contributed by atoms with van der Waals surface area (Å²) in [5.74, 6) is 0.167. The van der Waals surface area contributed by atoms with Crippen molar-refractivity contribution in [2.24, 2.45) is 5.11 Å². The molecule has 0 atom stereocenters. The van der Waals surface area contributed by atoms with Crippen molar-refractivity contribution in [3.63, 3.8) is 0 Å². The fourth-order valence-electron chi connectivity index (χ4n) is 0.298. The highest BCUT2D eigenvalue weighted by Crippen LogP contribution is 1.98. The van der Waals surface area contributed by atoms with E-state index >= 15 is 0 Å². The molecule has 0 saturated carbocycles. The van der Waals surface area contributed by atoms with Gasteiger partial charge in [0.2, 0.25) is 5.88 Å². The normalized spacial score (nSPS) is 8.88. The van der Waals surface area contributed by atoms with E-state index in [4.69, 9.17) is 10.3 Å². The van der Waals surface area contributed by atoms with Crippen molar-refractivity contribution in [3.05, 3.63) is 12.5 Å². The molecule has 0 bridgehead atoms. The lowest BCUT2D eigenvalue weighted by Gasteiger charge is -2.05. The van der Waals surface area contributed by atoms with Crippen LogP contribution >= 0.6 is 0 Å². The quantitative estimate of drug-likeness (QED) is 0.442. The minimum Gasteiger partial charge on any atom is -0.474 e. The van der Waals surface area contributed by atoms with Gasteiger partial charge in [-0.2, -0.15) is 0 Å². The third kappa shape index (κ3) is 3.33. The average Bonchev–Trinajstić information content (AvgIpc) is 1.65.